The monoisotopic (exact) mass is 345 g/mol. The third kappa shape index (κ3) is 3.79. The molecule has 6 heteroatoms. The van der Waals surface area contributed by atoms with Crippen LogP contribution in [0.4, 0.5) is 0 Å². The minimum atomic E-state index is -0.153. The Morgan fingerprint density at radius 2 is 2.00 bits per heavy atom. The molecule has 0 unspecified atom stereocenters. The van der Waals surface area contributed by atoms with Crippen LogP contribution in [0.3, 0.4) is 0 Å². The molecule has 0 aliphatic heterocycles. The lowest BCUT2D eigenvalue weighted by atomic mass is 9.88. The number of nitrogens with zero attached hydrogens (tertiary/aromatic N) is 1. The van der Waals surface area contributed by atoms with Gasteiger partial charge in [0.2, 0.25) is 0 Å². The van der Waals surface area contributed by atoms with E-state index in [0.717, 1.165) is 23.9 Å². The average Bonchev–Trinajstić information content (AvgIpc) is 2.78. The summed E-state index contributed by atoms with van der Waals surface area (Å²) in [7, 11) is 0. The van der Waals surface area contributed by atoms with Gasteiger partial charge in [0.15, 0.2) is 0 Å². The van der Waals surface area contributed by atoms with Crippen LogP contribution >= 0.6 is 0 Å². The first-order valence-electron chi connectivity index (χ1n) is 8.87. The van der Waals surface area contributed by atoms with Crippen LogP contribution in [0.5, 0.6) is 0 Å². The first-order chi connectivity index (χ1) is 11.6. The van der Waals surface area contributed by atoms with Crippen molar-refractivity contribution in [3.63, 3.8) is 0 Å². The molecule has 1 aliphatic carbocycles. The Bertz CT molecular complexity index is 836. The second-order valence-corrected chi connectivity index (χ2v) is 8.12. The lowest BCUT2D eigenvalue weighted by Gasteiger charge is -2.39. The number of hydrogen-bond acceptors (Lipinski definition) is 3. The number of amides is 1. The maximum Gasteiger partial charge on any atom is 0.326 e. The Balaban J connectivity index is 1.69. The summed E-state index contributed by atoms with van der Waals surface area (Å²) in [4.78, 5) is 27.4. The van der Waals surface area contributed by atoms with Crippen molar-refractivity contribution in [2.45, 2.75) is 71.2 Å². The number of hydrogen-bond donors (Lipinski definition) is 2. The molecule has 1 aliphatic rings. The van der Waals surface area contributed by atoms with Gasteiger partial charge in [0, 0.05) is 17.6 Å². The van der Waals surface area contributed by atoms with E-state index in [1.54, 1.807) is 22.8 Å². The van der Waals surface area contributed by atoms with Crippen LogP contribution in [0.1, 0.15) is 63.9 Å². The minimum absolute atomic E-state index is 0.0292. The highest BCUT2D eigenvalue weighted by Gasteiger charge is 2.34. The fourth-order valence-electron chi connectivity index (χ4n) is 3.32. The van der Waals surface area contributed by atoms with Gasteiger partial charge in [-0.15, -0.1) is 0 Å². The first kappa shape index (κ1) is 17.7. The van der Waals surface area contributed by atoms with Crippen LogP contribution in [0.25, 0.3) is 11.0 Å². The van der Waals surface area contributed by atoms with Crippen molar-refractivity contribution in [3.8, 4) is 0 Å². The number of fused-ring (bicyclic) bond motifs is 1. The molecule has 1 aromatic carbocycles. The van der Waals surface area contributed by atoms with E-state index in [9.17, 15) is 9.59 Å². The van der Waals surface area contributed by atoms with E-state index >= 15 is 0 Å². The summed E-state index contributed by atoms with van der Waals surface area (Å²) in [5.41, 5.74) is 1.77. The van der Waals surface area contributed by atoms with Gasteiger partial charge in [0.1, 0.15) is 0 Å². The summed E-state index contributed by atoms with van der Waals surface area (Å²) in [5, 5.41) is 3.05. The smallest absolute Gasteiger partial charge is 0.326 e. The molecular formula is C19H27N3O3. The Morgan fingerprint density at radius 3 is 2.60 bits per heavy atom. The summed E-state index contributed by atoms with van der Waals surface area (Å²) in [6, 6.07) is 5.50. The lowest BCUT2D eigenvalue weighted by Crippen LogP contribution is -2.49. The number of H-pyrrole nitrogens is 1. The van der Waals surface area contributed by atoms with Gasteiger partial charge in [-0.1, -0.05) is 0 Å². The number of rotatable bonds is 4. The Kier molecular flexibility index (Phi) is 4.49. The summed E-state index contributed by atoms with van der Waals surface area (Å²) >= 11 is 0. The zero-order chi connectivity index (χ0) is 18.4. The molecule has 2 N–H and O–H groups in total. The molecule has 1 amide bonds. The third-order valence-electron chi connectivity index (χ3n) is 4.45. The predicted molar refractivity (Wildman–Crippen MR) is 98.1 cm³/mol. The number of ether oxygens (including phenoxy) is 1. The van der Waals surface area contributed by atoms with Gasteiger partial charge in [0.05, 0.1) is 22.7 Å². The van der Waals surface area contributed by atoms with Crippen molar-refractivity contribution < 1.29 is 9.53 Å². The predicted octanol–water partition coefficient (Wildman–Crippen LogP) is 2.99. The molecule has 0 bridgehead atoms. The van der Waals surface area contributed by atoms with Gasteiger partial charge in [0.25, 0.3) is 5.91 Å². The third-order valence-corrected chi connectivity index (χ3v) is 4.45. The normalized spacial score (nSPS) is 20.7. The van der Waals surface area contributed by atoms with E-state index < -0.39 is 0 Å². The standard InChI is InChI=1S/C19H27N3O3/c1-11(2)22-16-8-12(6-7-15(16)21-18(22)24)17(23)20-13-9-14(10-13)25-19(3,4)5/h6-8,11,13-14H,9-10H2,1-5H3,(H,20,23)(H,21,24). The van der Waals surface area contributed by atoms with Gasteiger partial charge in [-0.3, -0.25) is 9.36 Å². The summed E-state index contributed by atoms with van der Waals surface area (Å²) in [6.45, 7) is 10.0. The zero-order valence-electron chi connectivity index (χ0n) is 15.6. The Morgan fingerprint density at radius 1 is 1.32 bits per heavy atom. The molecule has 0 radical (unpaired) electrons. The maximum absolute atomic E-state index is 12.5. The number of imidazole rings is 1. The quantitative estimate of drug-likeness (QED) is 0.894. The lowest BCUT2D eigenvalue weighted by molar-refractivity contribution is -0.101. The molecule has 1 aromatic heterocycles. The number of aromatic amines is 1. The van der Waals surface area contributed by atoms with Crippen LogP contribution in [0.2, 0.25) is 0 Å². The van der Waals surface area contributed by atoms with E-state index in [0.29, 0.717) is 5.56 Å². The fraction of sp³-hybridized carbons (Fsp3) is 0.579. The second kappa shape index (κ2) is 6.33. The van der Waals surface area contributed by atoms with E-state index in [-0.39, 0.29) is 35.4 Å². The molecule has 1 saturated carbocycles. The van der Waals surface area contributed by atoms with Crippen LogP contribution in [-0.2, 0) is 4.74 Å². The Hall–Kier alpha value is -2.08. The molecule has 0 atom stereocenters. The Labute approximate surface area is 147 Å². The average molecular weight is 345 g/mol. The molecule has 1 heterocycles. The molecule has 25 heavy (non-hydrogen) atoms. The van der Waals surface area contributed by atoms with Gasteiger partial charge >= 0.3 is 5.69 Å². The van der Waals surface area contributed by atoms with Crippen molar-refractivity contribution in [2.24, 2.45) is 0 Å². The summed E-state index contributed by atoms with van der Waals surface area (Å²) < 4.78 is 7.57. The molecule has 6 nitrogen and oxygen atoms in total. The van der Waals surface area contributed by atoms with E-state index in [1.807, 2.05) is 34.6 Å². The van der Waals surface area contributed by atoms with Crippen molar-refractivity contribution in [1.82, 2.24) is 14.9 Å². The van der Waals surface area contributed by atoms with Gasteiger partial charge in [-0.25, -0.2) is 4.79 Å². The van der Waals surface area contributed by atoms with Crippen LogP contribution in [0, 0.1) is 0 Å². The van der Waals surface area contributed by atoms with Gasteiger partial charge in [-0.05, 0) is 65.7 Å². The van der Waals surface area contributed by atoms with Crippen LogP contribution in [0.15, 0.2) is 23.0 Å². The number of carbonyl (C=O) groups excluding carboxylic acids is 1. The fourth-order valence-corrected chi connectivity index (χ4v) is 3.32. The molecule has 136 valence electrons. The number of aromatic nitrogens is 2. The van der Waals surface area contributed by atoms with Crippen molar-refractivity contribution in [2.75, 3.05) is 0 Å². The number of nitrogens with one attached hydrogen (secondary N) is 2. The molecule has 0 spiro atoms. The van der Waals surface area contributed by atoms with Crippen molar-refractivity contribution in [1.29, 1.82) is 0 Å². The highest BCUT2D eigenvalue weighted by atomic mass is 16.5. The van der Waals surface area contributed by atoms with Gasteiger partial charge < -0.3 is 15.0 Å². The second-order valence-electron chi connectivity index (χ2n) is 8.12. The summed E-state index contributed by atoms with van der Waals surface area (Å²) in [5.74, 6) is -0.106. The van der Waals surface area contributed by atoms with Crippen molar-refractivity contribution >= 4 is 16.9 Å². The zero-order valence-corrected chi connectivity index (χ0v) is 15.6. The highest BCUT2D eigenvalue weighted by molar-refractivity contribution is 5.97. The number of benzene rings is 1. The van der Waals surface area contributed by atoms with E-state index in [1.165, 1.54) is 0 Å². The number of carbonyl (C=O) groups is 1. The highest BCUT2D eigenvalue weighted by Crippen LogP contribution is 2.28. The minimum Gasteiger partial charge on any atom is -0.372 e. The molecule has 0 saturated heterocycles. The largest absolute Gasteiger partial charge is 0.372 e. The SMILES string of the molecule is CC(C)n1c(=O)[nH]c2ccc(C(=O)NC3CC(OC(C)(C)C)C3)cc21. The molecule has 1 fully saturated rings. The summed E-state index contributed by atoms with van der Waals surface area (Å²) in [6.07, 6.45) is 1.89. The first-order valence-corrected chi connectivity index (χ1v) is 8.87. The maximum atomic E-state index is 12.5. The molecule has 2 aromatic rings. The van der Waals surface area contributed by atoms with Gasteiger partial charge in [-0.2, -0.15) is 0 Å². The van der Waals surface area contributed by atoms with Crippen LogP contribution < -0.4 is 11.0 Å². The van der Waals surface area contributed by atoms with Crippen molar-refractivity contribution in [3.05, 3.63) is 34.2 Å². The van der Waals surface area contributed by atoms with Crippen LogP contribution in [-0.4, -0.2) is 33.2 Å². The molecule has 3 rings (SSSR count). The van der Waals surface area contributed by atoms with E-state index in [2.05, 4.69) is 10.3 Å². The molecular weight excluding hydrogens is 318 g/mol. The topological polar surface area (TPSA) is 76.1 Å². The van der Waals surface area contributed by atoms with E-state index in [4.69, 9.17) is 4.74 Å².